The van der Waals surface area contributed by atoms with Crippen LogP contribution in [0, 0.1) is 11.3 Å². The highest BCUT2D eigenvalue weighted by molar-refractivity contribution is 5.94. The topological polar surface area (TPSA) is 30.3 Å². The van der Waals surface area contributed by atoms with Crippen LogP contribution in [0.1, 0.15) is 124 Å². The molecule has 4 aliphatic carbocycles. The Morgan fingerprint density at radius 2 is 0.729 bits per heavy atom. The Kier molecular flexibility index (Phi) is 12.2. The van der Waals surface area contributed by atoms with Crippen molar-refractivity contribution in [2.75, 3.05) is 9.80 Å². The van der Waals surface area contributed by atoms with Gasteiger partial charge in [-0.25, -0.2) is 0 Å². The van der Waals surface area contributed by atoms with Gasteiger partial charge in [-0.1, -0.05) is 121 Å². The van der Waals surface area contributed by atoms with Gasteiger partial charge in [0.1, 0.15) is 6.07 Å². The first kappa shape index (κ1) is 43.8. The lowest BCUT2D eigenvalue weighted by Crippen LogP contribution is -2.18. The first-order chi connectivity index (χ1) is 34.7. The summed E-state index contributed by atoms with van der Waals surface area (Å²) in [5.74, 6) is 0. The Morgan fingerprint density at radius 3 is 1.14 bits per heavy atom. The summed E-state index contributed by atoms with van der Waals surface area (Å²) in [5, 5.41) is 12.6. The summed E-state index contributed by atoms with van der Waals surface area (Å²) in [6.07, 6.45) is 27.9. The van der Waals surface area contributed by atoms with Crippen LogP contribution in [0.25, 0.3) is 35.1 Å². The molecule has 0 aliphatic heterocycles. The van der Waals surface area contributed by atoms with Gasteiger partial charge in [0.15, 0.2) is 0 Å². The highest BCUT2D eigenvalue weighted by atomic mass is 15.2. The Hall–Kier alpha value is -7.41. The van der Waals surface area contributed by atoms with Crippen molar-refractivity contribution < 1.29 is 0 Å². The van der Waals surface area contributed by atoms with Gasteiger partial charge in [0.05, 0.1) is 5.56 Å². The molecule has 0 saturated carbocycles. The number of fused-ring (bicyclic) bond motifs is 5. The summed E-state index contributed by atoms with van der Waals surface area (Å²) in [6, 6.07) is 59.1. The molecule has 0 heterocycles. The zero-order valence-electron chi connectivity index (χ0n) is 40.4. The fourth-order valence-electron chi connectivity index (χ4n) is 12.3. The predicted molar refractivity (Wildman–Crippen MR) is 295 cm³/mol. The number of anilines is 6. The Bertz CT molecular complexity index is 3230. The van der Waals surface area contributed by atoms with E-state index in [0.717, 1.165) is 71.6 Å². The van der Waals surface area contributed by atoms with Gasteiger partial charge in [-0.05, 0) is 229 Å². The van der Waals surface area contributed by atoms with Crippen molar-refractivity contribution in [2.45, 2.75) is 103 Å². The molecule has 0 bridgehead atoms. The van der Waals surface area contributed by atoms with Gasteiger partial charge in [-0.15, -0.1) is 0 Å². The van der Waals surface area contributed by atoms with E-state index in [1.54, 1.807) is 0 Å². The van der Waals surface area contributed by atoms with Crippen LogP contribution in [-0.4, -0.2) is 0 Å². The van der Waals surface area contributed by atoms with Crippen LogP contribution >= 0.6 is 0 Å². The minimum atomic E-state index is 0.703. The molecule has 0 amide bonds. The second-order valence-electron chi connectivity index (χ2n) is 20.1. The van der Waals surface area contributed by atoms with Gasteiger partial charge in [-0.3, -0.25) is 0 Å². The molecule has 0 spiro atoms. The van der Waals surface area contributed by atoms with Gasteiger partial charge in [-0.2, -0.15) is 5.26 Å². The lowest BCUT2D eigenvalue weighted by atomic mass is 9.88. The molecule has 0 N–H and O–H groups in total. The molecule has 0 unspecified atom stereocenters. The van der Waals surface area contributed by atoms with Crippen molar-refractivity contribution in [3.05, 3.63) is 224 Å². The van der Waals surface area contributed by atoms with E-state index in [2.05, 4.69) is 192 Å². The summed E-state index contributed by atoms with van der Waals surface area (Å²) >= 11 is 0. The Balaban J connectivity index is 0.794. The Labute approximate surface area is 415 Å². The summed E-state index contributed by atoms with van der Waals surface area (Å²) in [6.45, 7) is 0. The number of nitrogens with zero attached hydrogens (tertiary/aromatic N) is 3. The van der Waals surface area contributed by atoms with E-state index in [4.69, 9.17) is 0 Å². The average Bonchev–Trinajstić information content (AvgIpc) is 3.42. The average molecular weight is 908 g/mol. The van der Waals surface area contributed by atoms with Crippen LogP contribution in [0.15, 0.2) is 152 Å². The third kappa shape index (κ3) is 8.55. The van der Waals surface area contributed by atoms with Crippen molar-refractivity contribution in [1.82, 2.24) is 0 Å². The van der Waals surface area contributed by atoms with Gasteiger partial charge in [0, 0.05) is 39.5 Å². The zero-order chi connectivity index (χ0) is 46.8. The maximum absolute atomic E-state index is 10.5. The molecule has 0 atom stereocenters. The summed E-state index contributed by atoms with van der Waals surface area (Å²) in [7, 11) is 0. The lowest BCUT2D eigenvalue weighted by molar-refractivity contribution is 0.682. The van der Waals surface area contributed by atoms with Crippen molar-refractivity contribution in [2.24, 2.45) is 0 Å². The van der Waals surface area contributed by atoms with E-state index in [0.29, 0.717) is 5.56 Å². The fourth-order valence-corrected chi connectivity index (χ4v) is 12.3. The highest BCUT2D eigenvalue weighted by Gasteiger charge is 2.26. The van der Waals surface area contributed by atoms with Gasteiger partial charge in [0.2, 0.25) is 0 Å². The molecule has 3 heteroatoms. The molecule has 0 aromatic heterocycles. The summed E-state index contributed by atoms with van der Waals surface area (Å²) in [5.41, 5.74) is 24.8. The molecule has 70 heavy (non-hydrogen) atoms. The molecule has 344 valence electrons. The van der Waals surface area contributed by atoms with E-state index in [1.807, 2.05) is 0 Å². The largest absolute Gasteiger partial charge is 0.310 e. The third-order valence-corrected chi connectivity index (χ3v) is 15.9. The van der Waals surface area contributed by atoms with Crippen LogP contribution in [0.3, 0.4) is 0 Å². The number of benzene rings is 8. The molecule has 12 rings (SSSR count). The lowest BCUT2D eigenvalue weighted by Gasteiger charge is -2.33. The summed E-state index contributed by atoms with van der Waals surface area (Å²) in [4.78, 5) is 5.10. The zero-order valence-corrected chi connectivity index (χ0v) is 40.4. The van der Waals surface area contributed by atoms with Gasteiger partial charge in [0.25, 0.3) is 0 Å². The molecule has 3 nitrogen and oxygen atoms in total. The first-order valence-electron chi connectivity index (χ1n) is 26.2. The van der Waals surface area contributed by atoms with Crippen LogP contribution < -0.4 is 9.80 Å². The quantitative estimate of drug-likeness (QED) is 0.128. The normalized spacial score (nSPS) is 15.2. The molecular weight excluding hydrogens is 847 g/mol. The van der Waals surface area contributed by atoms with E-state index in [9.17, 15) is 5.26 Å². The van der Waals surface area contributed by atoms with Crippen molar-refractivity contribution >= 4 is 69.2 Å². The van der Waals surface area contributed by atoms with Crippen molar-refractivity contribution in [3.63, 3.8) is 0 Å². The first-order valence-corrected chi connectivity index (χ1v) is 26.2. The second kappa shape index (κ2) is 19.5. The van der Waals surface area contributed by atoms with Gasteiger partial charge >= 0.3 is 0 Å². The highest BCUT2D eigenvalue weighted by Crippen LogP contribution is 2.45. The van der Waals surface area contributed by atoms with Crippen molar-refractivity contribution in [3.8, 4) is 6.07 Å². The summed E-state index contributed by atoms with van der Waals surface area (Å²) < 4.78 is 0. The van der Waals surface area contributed by atoms with Crippen LogP contribution in [-0.2, 0) is 51.4 Å². The maximum atomic E-state index is 10.5. The van der Waals surface area contributed by atoms with Crippen LogP contribution in [0.5, 0.6) is 0 Å². The van der Waals surface area contributed by atoms with Crippen LogP contribution in [0.4, 0.5) is 34.1 Å². The van der Waals surface area contributed by atoms with E-state index < -0.39 is 0 Å². The molecule has 0 fully saturated rings. The number of hydrogen-bond acceptors (Lipinski definition) is 3. The van der Waals surface area contributed by atoms with Gasteiger partial charge < -0.3 is 9.80 Å². The van der Waals surface area contributed by atoms with E-state index >= 15 is 0 Å². The van der Waals surface area contributed by atoms with E-state index in [-0.39, 0.29) is 0 Å². The number of hydrogen-bond donors (Lipinski definition) is 0. The monoisotopic (exact) mass is 907 g/mol. The third-order valence-electron chi connectivity index (χ3n) is 15.9. The van der Waals surface area contributed by atoms with E-state index in [1.165, 1.54) is 143 Å². The standard InChI is InChI=1S/C67H61N3/c68-46-63-54(37-31-48-34-42-57(43-35-48)70(66-27-11-19-52-15-3-7-23-61(52)66)67-28-12-20-53-16-4-8-24-62(53)67)38-39-55-45-49(36-44-58(55)63)30-29-47-32-40-56(41-33-47)69(64-25-9-17-50-13-1-5-21-59(50)64)65-26-10-18-51-14-2-6-22-60(51)65/h9-12,17-20,25-45H,1-8,13-16,21-24H2. The molecule has 8 aromatic carbocycles. The number of nitriles is 1. The molecular formula is C67H61N3. The molecule has 8 aromatic rings. The SMILES string of the molecule is N#Cc1c(C=Cc2ccc(N(c3cccc4c3CCCC4)c3cccc4c3CCCC4)cc2)ccc2cc(C=Cc3ccc(N(c4cccc5c4CCCC5)c4cccc5c4CCCC5)cc3)ccc12. The van der Waals surface area contributed by atoms with Crippen LogP contribution in [0.2, 0.25) is 0 Å². The maximum Gasteiger partial charge on any atom is 0.100 e. The minimum Gasteiger partial charge on any atom is -0.310 e. The predicted octanol–water partition coefficient (Wildman–Crippen LogP) is 17.5. The molecule has 0 radical (unpaired) electrons. The number of rotatable bonds is 10. The molecule has 0 saturated heterocycles. The minimum absolute atomic E-state index is 0.703. The molecule has 4 aliphatic rings. The Morgan fingerprint density at radius 1 is 0.357 bits per heavy atom. The number of aryl methyl sites for hydroxylation is 4. The second-order valence-corrected chi connectivity index (χ2v) is 20.1. The van der Waals surface area contributed by atoms with Crippen molar-refractivity contribution in [1.29, 1.82) is 5.26 Å². The fraction of sp³-hybridized carbons (Fsp3) is 0.239. The smallest absolute Gasteiger partial charge is 0.100 e.